The molecular formula is C18H20N2O2S. The molecule has 0 atom stereocenters. The first-order valence-corrected chi connectivity index (χ1v) is 7.84. The fourth-order valence-electron chi connectivity index (χ4n) is 2.02. The van der Waals surface area contributed by atoms with Crippen molar-refractivity contribution in [2.45, 2.75) is 30.4 Å². The Hall–Kier alpha value is -2.16. The number of aromatic nitrogens is 1. The molecule has 1 aromatic carbocycles. The molecule has 0 fully saturated rings. The minimum Gasteiger partial charge on any atom is -0.400 e. The molecule has 0 saturated heterocycles. The van der Waals surface area contributed by atoms with Gasteiger partial charge in [-0.1, -0.05) is 6.07 Å². The molecule has 0 radical (unpaired) electrons. The highest BCUT2D eigenvalue weighted by Gasteiger charge is 2.20. The van der Waals surface area contributed by atoms with E-state index in [0.717, 1.165) is 35.0 Å². The summed E-state index contributed by atoms with van der Waals surface area (Å²) in [4.78, 5) is 16.4. The van der Waals surface area contributed by atoms with Crippen LogP contribution in [0.15, 0.2) is 41.6 Å². The van der Waals surface area contributed by atoms with Crippen LogP contribution in [-0.2, 0) is 4.79 Å². The molecule has 0 aliphatic rings. The van der Waals surface area contributed by atoms with Gasteiger partial charge in [0.05, 0.1) is 16.4 Å². The molecule has 2 aromatic rings. The van der Waals surface area contributed by atoms with Crippen molar-refractivity contribution in [1.82, 2.24) is 4.98 Å². The minimum absolute atomic E-state index is 0.489. The van der Waals surface area contributed by atoms with Crippen LogP contribution in [0.25, 0.3) is 11.1 Å². The third kappa shape index (κ3) is 4.92. The van der Waals surface area contributed by atoms with Crippen molar-refractivity contribution in [3.05, 3.63) is 47.8 Å². The van der Waals surface area contributed by atoms with Gasteiger partial charge in [0.1, 0.15) is 6.29 Å². The number of rotatable bonds is 4. The topological polar surface area (TPSA) is 74.0 Å². The number of pyridine rings is 1. The van der Waals surface area contributed by atoms with Crippen molar-refractivity contribution in [3.63, 3.8) is 0 Å². The predicted molar refractivity (Wildman–Crippen MR) is 93.3 cm³/mol. The van der Waals surface area contributed by atoms with Gasteiger partial charge in [-0.3, -0.25) is 4.98 Å². The lowest BCUT2D eigenvalue weighted by atomic mass is 10.00. The average Bonchev–Trinajstić information content (AvgIpc) is 2.57. The average molecular weight is 328 g/mol. The van der Waals surface area contributed by atoms with Gasteiger partial charge in [0, 0.05) is 30.0 Å². The zero-order valence-electron chi connectivity index (χ0n) is 13.7. The molecular weight excluding hydrogens is 308 g/mol. The highest BCUT2D eigenvalue weighted by atomic mass is 32.2. The molecule has 0 bridgehead atoms. The molecule has 1 heterocycles. The van der Waals surface area contributed by atoms with Gasteiger partial charge in [0.25, 0.3) is 0 Å². The standard InChI is InChI=1S/C17H16N2OS.CH4O/c1-12-8-13(9-18)4-5-14(12)15-10-19-7-6-16(15)21-17(2,3)11-20;1-2/h4-8,10-11H,1-3H3;2H,1H3. The molecule has 4 nitrogen and oxygen atoms in total. The van der Waals surface area contributed by atoms with Crippen molar-refractivity contribution < 1.29 is 9.90 Å². The first-order chi connectivity index (χ1) is 11.0. The summed E-state index contributed by atoms with van der Waals surface area (Å²) in [5.41, 5.74) is 3.68. The van der Waals surface area contributed by atoms with Crippen molar-refractivity contribution in [1.29, 1.82) is 5.26 Å². The number of aryl methyl sites for hydroxylation is 1. The number of aliphatic hydroxyl groups is 1. The smallest absolute Gasteiger partial charge is 0.135 e. The number of hydrogen-bond donors (Lipinski definition) is 1. The number of nitrogens with zero attached hydrogens (tertiary/aromatic N) is 2. The number of hydrogen-bond acceptors (Lipinski definition) is 5. The second-order valence-corrected chi connectivity index (χ2v) is 7.03. The lowest BCUT2D eigenvalue weighted by molar-refractivity contribution is -0.109. The van der Waals surface area contributed by atoms with Gasteiger partial charge in [-0.15, -0.1) is 11.8 Å². The van der Waals surface area contributed by atoms with E-state index in [4.69, 9.17) is 10.4 Å². The van der Waals surface area contributed by atoms with E-state index in [-0.39, 0.29) is 0 Å². The maximum atomic E-state index is 11.2. The number of thioether (sulfide) groups is 1. The lowest BCUT2D eigenvalue weighted by Gasteiger charge is -2.19. The van der Waals surface area contributed by atoms with E-state index in [9.17, 15) is 4.79 Å². The Morgan fingerprint density at radius 1 is 1.26 bits per heavy atom. The highest BCUT2D eigenvalue weighted by molar-refractivity contribution is 8.01. The summed E-state index contributed by atoms with van der Waals surface area (Å²) in [6.45, 7) is 5.75. The Balaban J connectivity index is 0.00000127. The van der Waals surface area contributed by atoms with Crippen LogP contribution >= 0.6 is 11.8 Å². The molecule has 1 aromatic heterocycles. The fraction of sp³-hybridized carbons (Fsp3) is 0.278. The molecule has 5 heteroatoms. The normalized spacial score (nSPS) is 10.3. The summed E-state index contributed by atoms with van der Waals surface area (Å²) in [5, 5.41) is 16.0. The zero-order valence-corrected chi connectivity index (χ0v) is 14.5. The van der Waals surface area contributed by atoms with Crippen LogP contribution in [0.4, 0.5) is 0 Å². The van der Waals surface area contributed by atoms with Crippen molar-refractivity contribution >= 4 is 18.0 Å². The van der Waals surface area contributed by atoms with E-state index in [1.165, 1.54) is 11.8 Å². The van der Waals surface area contributed by atoms with Crippen molar-refractivity contribution in [3.8, 4) is 17.2 Å². The number of nitriles is 1. The van der Waals surface area contributed by atoms with E-state index in [1.807, 2.05) is 39.0 Å². The van der Waals surface area contributed by atoms with Crippen LogP contribution in [-0.4, -0.2) is 28.2 Å². The van der Waals surface area contributed by atoms with Crippen molar-refractivity contribution in [2.75, 3.05) is 7.11 Å². The molecule has 0 aliphatic heterocycles. The van der Waals surface area contributed by atoms with E-state index in [1.54, 1.807) is 18.5 Å². The maximum absolute atomic E-state index is 11.2. The number of carbonyl (C=O) groups excluding carboxylic acids is 1. The molecule has 0 saturated carbocycles. The molecule has 0 aliphatic carbocycles. The third-order valence-corrected chi connectivity index (χ3v) is 4.28. The van der Waals surface area contributed by atoms with E-state index < -0.39 is 4.75 Å². The Labute approximate surface area is 141 Å². The van der Waals surface area contributed by atoms with Gasteiger partial charge in [-0.2, -0.15) is 5.26 Å². The van der Waals surface area contributed by atoms with Gasteiger partial charge in [0.2, 0.25) is 0 Å². The number of aliphatic hydroxyl groups excluding tert-OH is 1. The summed E-state index contributed by atoms with van der Waals surface area (Å²) in [6.07, 6.45) is 4.48. The van der Waals surface area contributed by atoms with Crippen LogP contribution in [0.2, 0.25) is 0 Å². The van der Waals surface area contributed by atoms with Crippen LogP contribution in [0, 0.1) is 18.3 Å². The Kier molecular flexibility index (Phi) is 6.95. The molecule has 2 rings (SSSR count). The molecule has 23 heavy (non-hydrogen) atoms. The fourth-order valence-corrected chi connectivity index (χ4v) is 3.03. The Bertz CT molecular complexity index is 721. The van der Waals surface area contributed by atoms with Gasteiger partial charge >= 0.3 is 0 Å². The van der Waals surface area contributed by atoms with Crippen LogP contribution in [0.3, 0.4) is 0 Å². The molecule has 0 unspecified atom stereocenters. The molecule has 120 valence electrons. The molecule has 0 spiro atoms. The number of aldehydes is 1. The lowest BCUT2D eigenvalue weighted by Crippen LogP contribution is -2.15. The summed E-state index contributed by atoms with van der Waals surface area (Å²) >= 11 is 1.51. The maximum Gasteiger partial charge on any atom is 0.135 e. The van der Waals surface area contributed by atoms with Crippen LogP contribution in [0.5, 0.6) is 0 Å². The minimum atomic E-state index is -0.489. The van der Waals surface area contributed by atoms with Gasteiger partial charge in [0.15, 0.2) is 0 Å². The van der Waals surface area contributed by atoms with E-state index >= 15 is 0 Å². The first kappa shape index (κ1) is 18.9. The SMILES string of the molecule is CO.Cc1cc(C#N)ccc1-c1cnccc1SC(C)(C)C=O. The molecule has 1 N–H and O–H groups in total. The second kappa shape index (κ2) is 8.47. The quantitative estimate of drug-likeness (QED) is 0.685. The van der Waals surface area contributed by atoms with Crippen LogP contribution < -0.4 is 0 Å². The second-order valence-electron chi connectivity index (χ2n) is 5.34. The number of carbonyl (C=O) groups is 1. The first-order valence-electron chi connectivity index (χ1n) is 7.02. The summed E-state index contributed by atoms with van der Waals surface area (Å²) in [7, 11) is 1.00. The summed E-state index contributed by atoms with van der Waals surface area (Å²) < 4.78 is -0.489. The number of benzene rings is 1. The largest absolute Gasteiger partial charge is 0.400 e. The van der Waals surface area contributed by atoms with Crippen LogP contribution in [0.1, 0.15) is 25.0 Å². The highest BCUT2D eigenvalue weighted by Crippen LogP contribution is 2.38. The van der Waals surface area contributed by atoms with Gasteiger partial charge < -0.3 is 9.90 Å². The van der Waals surface area contributed by atoms with Gasteiger partial charge in [-0.05, 0) is 50.1 Å². The van der Waals surface area contributed by atoms with Gasteiger partial charge in [-0.25, -0.2) is 0 Å². The monoisotopic (exact) mass is 328 g/mol. The van der Waals surface area contributed by atoms with E-state index in [0.29, 0.717) is 5.56 Å². The predicted octanol–water partition coefficient (Wildman–Crippen LogP) is 3.61. The molecule has 0 amide bonds. The van der Waals surface area contributed by atoms with E-state index in [2.05, 4.69) is 11.1 Å². The zero-order chi connectivity index (χ0) is 17.5. The Morgan fingerprint density at radius 2 is 1.96 bits per heavy atom. The third-order valence-electron chi connectivity index (χ3n) is 3.08. The summed E-state index contributed by atoms with van der Waals surface area (Å²) in [6, 6.07) is 9.66. The van der Waals surface area contributed by atoms with Crippen molar-refractivity contribution in [2.24, 2.45) is 0 Å². The Morgan fingerprint density at radius 3 is 2.52 bits per heavy atom. The summed E-state index contributed by atoms with van der Waals surface area (Å²) in [5.74, 6) is 0.